The number of anilines is 1. The van der Waals surface area contributed by atoms with E-state index in [-0.39, 0.29) is 5.82 Å². The molecule has 0 unspecified atom stereocenters. The summed E-state index contributed by atoms with van der Waals surface area (Å²) >= 11 is 0. The monoisotopic (exact) mass is 258 g/mol. The van der Waals surface area contributed by atoms with Gasteiger partial charge in [0.1, 0.15) is 0 Å². The third-order valence-electron chi connectivity index (χ3n) is 3.03. The number of carbonyl (C=O) groups is 1. The zero-order valence-corrected chi connectivity index (χ0v) is 10.6. The summed E-state index contributed by atoms with van der Waals surface area (Å²) in [7, 11) is 0. The average Bonchev–Trinajstić information content (AvgIpc) is 3.07. The van der Waals surface area contributed by atoms with Crippen LogP contribution in [0.1, 0.15) is 23.1 Å². The van der Waals surface area contributed by atoms with E-state index in [0.29, 0.717) is 12.4 Å². The fraction of sp³-hybridized carbons (Fsp3) is 0.308. The highest BCUT2D eigenvalue weighted by atomic mass is 16.5. The van der Waals surface area contributed by atoms with E-state index >= 15 is 0 Å². The molecule has 6 nitrogen and oxygen atoms in total. The molecule has 2 aromatic rings. The maximum absolute atomic E-state index is 11.5. The first-order valence-corrected chi connectivity index (χ1v) is 6.24. The second-order valence-corrected chi connectivity index (χ2v) is 4.28. The summed E-state index contributed by atoms with van der Waals surface area (Å²) in [4.78, 5) is 15.7. The Morgan fingerprint density at radius 3 is 3.21 bits per heavy atom. The maximum atomic E-state index is 11.5. The number of aromatic amines is 1. The van der Waals surface area contributed by atoms with Crippen LogP contribution in [0.4, 0.5) is 5.69 Å². The predicted molar refractivity (Wildman–Crippen MR) is 70.0 cm³/mol. The Morgan fingerprint density at radius 2 is 2.37 bits per heavy atom. The molecule has 0 bridgehead atoms. The largest absolute Gasteiger partial charge is 0.460 e. The molecule has 98 valence electrons. The van der Waals surface area contributed by atoms with Gasteiger partial charge in [-0.25, -0.2) is 9.78 Å². The van der Waals surface area contributed by atoms with Gasteiger partial charge < -0.3 is 10.1 Å². The second kappa shape index (κ2) is 4.72. The molecule has 3 rings (SSSR count). The molecule has 1 aliphatic rings. The summed E-state index contributed by atoms with van der Waals surface area (Å²) in [5.74, 6) is 0.144. The topological polar surface area (TPSA) is 79.9 Å². The Bertz CT molecular complexity index is 621. The van der Waals surface area contributed by atoms with Crippen molar-refractivity contribution in [3.8, 4) is 11.4 Å². The molecule has 0 atom stereocenters. The molecule has 0 radical (unpaired) electrons. The van der Waals surface area contributed by atoms with Gasteiger partial charge in [-0.05, 0) is 25.0 Å². The molecule has 2 N–H and O–H groups in total. The SMILES string of the molecule is CCOC(=O)c1nc(-c2ccc3c(c2)NCC3)n[nH]1. The van der Waals surface area contributed by atoms with Gasteiger partial charge in [-0.15, -0.1) is 0 Å². The molecule has 1 aromatic carbocycles. The van der Waals surface area contributed by atoms with Gasteiger partial charge in [0.05, 0.1) is 6.61 Å². The Kier molecular flexibility index (Phi) is 2.91. The van der Waals surface area contributed by atoms with Gasteiger partial charge in [0.15, 0.2) is 5.82 Å². The van der Waals surface area contributed by atoms with Gasteiger partial charge in [-0.2, -0.15) is 5.10 Å². The van der Waals surface area contributed by atoms with E-state index < -0.39 is 5.97 Å². The van der Waals surface area contributed by atoms with Crippen molar-refractivity contribution in [2.24, 2.45) is 0 Å². The third-order valence-corrected chi connectivity index (χ3v) is 3.03. The van der Waals surface area contributed by atoms with Gasteiger partial charge in [0, 0.05) is 17.8 Å². The Labute approximate surface area is 110 Å². The average molecular weight is 258 g/mol. The van der Waals surface area contributed by atoms with Crippen molar-refractivity contribution in [3.05, 3.63) is 29.6 Å². The van der Waals surface area contributed by atoms with E-state index in [1.54, 1.807) is 6.92 Å². The second-order valence-electron chi connectivity index (χ2n) is 4.28. The van der Waals surface area contributed by atoms with E-state index in [0.717, 1.165) is 24.2 Å². The zero-order valence-electron chi connectivity index (χ0n) is 10.6. The summed E-state index contributed by atoms with van der Waals surface area (Å²) in [6.45, 7) is 3.03. The van der Waals surface area contributed by atoms with Crippen LogP contribution >= 0.6 is 0 Å². The number of fused-ring (bicyclic) bond motifs is 1. The molecule has 0 spiro atoms. The number of nitrogens with one attached hydrogen (secondary N) is 2. The summed E-state index contributed by atoms with van der Waals surface area (Å²) < 4.78 is 4.87. The van der Waals surface area contributed by atoms with E-state index in [1.165, 1.54) is 5.56 Å². The van der Waals surface area contributed by atoms with Gasteiger partial charge in [0.25, 0.3) is 0 Å². The lowest BCUT2D eigenvalue weighted by molar-refractivity contribution is 0.0512. The minimum atomic E-state index is -0.486. The standard InChI is InChI=1S/C13H14N4O2/c1-2-19-13(18)12-15-11(16-17-12)9-4-3-8-5-6-14-10(8)7-9/h3-4,7,14H,2,5-6H2,1H3,(H,15,16,17). The smallest absolute Gasteiger partial charge is 0.375 e. The first-order valence-electron chi connectivity index (χ1n) is 6.24. The van der Waals surface area contributed by atoms with Crippen LogP contribution in [0.25, 0.3) is 11.4 Å². The first-order chi connectivity index (χ1) is 9.28. The Balaban J connectivity index is 1.88. The molecule has 19 heavy (non-hydrogen) atoms. The van der Waals surface area contributed by atoms with Crippen molar-refractivity contribution in [3.63, 3.8) is 0 Å². The Hall–Kier alpha value is -2.37. The van der Waals surface area contributed by atoms with Gasteiger partial charge in [-0.3, -0.25) is 5.10 Å². The molecular weight excluding hydrogens is 244 g/mol. The zero-order chi connectivity index (χ0) is 13.2. The van der Waals surface area contributed by atoms with Gasteiger partial charge in [0.2, 0.25) is 5.82 Å². The van der Waals surface area contributed by atoms with Crippen LogP contribution in [0.5, 0.6) is 0 Å². The number of H-pyrrole nitrogens is 1. The van der Waals surface area contributed by atoms with Crippen LogP contribution in [0.3, 0.4) is 0 Å². The highest BCUT2D eigenvalue weighted by Gasteiger charge is 2.16. The molecule has 1 aromatic heterocycles. The molecular formula is C13H14N4O2. The lowest BCUT2D eigenvalue weighted by Gasteiger charge is -2.01. The first kappa shape index (κ1) is 11.7. The van der Waals surface area contributed by atoms with Crippen LogP contribution < -0.4 is 5.32 Å². The number of hydrogen-bond donors (Lipinski definition) is 2. The highest BCUT2D eigenvalue weighted by molar-refractivity contribution is 5.85. The molecule has 0 fully saturated rings. The highest BCUT2D eigenvalue weighted by Crippen LogP contribution is 2.27. The van der Waals surface area contributed by atoms with Crippen molar-refractivity contribution in [2.75, 3.05) is 18.5 Å². The number of hydrogen-bond acceptors (Lipinski definition) is 5. The normalized spacial score (nSPS) is 12.9. The summed E-state index contributed by atoms with van der Waals surface area (Å²) in [5, 5.41) is 9.95. The van der Waals surface area contributed by atoms with E-state index in [1.807, 2.05) is 12.1 Å². The number of nitrogens with zero attached hydrogens (tertiary/aromatic N) is 2. The third kappa shape index (κ3) is 2.16. The number of esters is 1. The summed E-state index contributed by atoms with van der Waals surface area (Å²) in [5.41, 5.74) is 3.28. The van der Waals surface area contributed by atoms with E-state index in [9.17, 15) is 4.79 Å². The minimum absolute atomic E-state index is 0.130. The molecule has 0 saturated heterocycles. The van der Waals surface area contributed by atoms with Crippen LogP contribution in [0.15, 0.2) is 18.2 Å². The number of benzene rings is 1. The van der Waals surface area contributed by atoms with Crippen molar-refractivity contribution in [1.29, 1.82) is 0 Å². The number of carbonyl (C=O) groups excluding carboxylic acids is 1. The molecule has 0 amide bonds. The molecule has 6 heteroatoms. The predicted octanol–water partition coefficient (Wildman–Crippen LogP) is 1.62. The number of rotatable bonds is 3. The fourth-order valence-electron chi connectivity index (χ4n) is 2.11. The van der Waals surface area contributed by atoms with Crippen LogP contribution in [0.2, 0.25) is 0 Å². The number of ether oxygens (including phenoxy) is 1. The molecule has 0 aliphatic carbocycles. The molecule has 2 heterocycles. The maximum Gasteiger partial charge on any atom is 0.375 e. The van der Waals surface area contributed by atoms with Gasteiger partial charge >= 0.3 is 5.97 Å². The van der Waals surface area contributed by atoms with Crippen molar-refractivity contribution < 1.29 is 9.53 Å². The number of aromatic nitrogens is 3. The summed E-state index contributed by atoms with van der Waals surface area (Å²) in [6.07, 6.45) is 1.04. The van der Waals surface area contributed by atoms with Crippen molar-refractivity contribution >= 4 is 11.7 Å². The quantitative estimate of drug-likeness (QED) is 0.818. The van der Waals surface area contributed by atoms with Gasteiger partial charge in [-0.1, -0.05) is 12.1 Å². The van der Waals surface area contributed by atoms with Crippen LogP contribution in [0, 0.1) is 0 Å². The lowest BCUT2D eigenvalue weighted by Crippen LogP contribution is -2.06. The fourth-order valence-corrected chi connectivity index (χ4v) is 2.11. The molecule has 1 aliphatic heterocycles. The van der Waals surface area contributed by atoms with E-state index in [2.05, 4.69) is 26.6 Å². The molecule has 0 saturated carbocycles. The summed E-state index contributed by atoms with van der Waals surface area (Å²) in [6, 6.07) is 6.02. The lowest BCUT2D eigenvalue weighted by atomic mass is 10.1. The van der Waals surface area contributed by atoms with Crippen LogP contribution in [-0.4, -0.2) is 34.3 Å². The van der Waals surface area contributed by atoms with Crippen molar-refractivity contribution in [2.45, 2.75) is 13.3 Å². The van der Waals surface area contributed by atoms with E-state index in [4.69, 9.17) is 4.74 Å². The Morgan fingerprint density at radius 1 is 1.47 bits per heavy atom. The van der Waals surface area contributed by atoms with Crippen molar-refractivity contribution in [1.82, 2.24) is 15.2 Å². The minimum Gasteiger partial charge on any atom is -0.460 e. The van der Waals surface area contributed by atoms with Crippen LogP contribution in [-0.2, 0) is 11.2 Å².